The lowest BCUT2D eigenvalue weighted by Gasteiger charge is -2.28. The van der Waals surface area contributed by atoms with Crippen LogP contribution in [0.4, 0.5) is 0 Å². The van der Waals surface area contributed by atoms with E-state index in [2.05, 4.69) is 0 Å². The van der Waals surface area contributed by atoms with Crippen LogP contribution in [0.5, 0.6) is 0 Å². The number of aliphatic hydroxyl groups is 1. The fourth-order valence-corrected chi connectivity index (χ4v) is 3.07. The molecule has 0 aliphatic carbocycles. The molecule has 0 bridgehead atoms. The number of hydrogen-bond acceptors (Lipinski definition) is 4. The molecule has 0 aliphatic rings. The van der Waals surface area contributed by atoms with Gasteiger partial charge in [-0.15, -0.1) is 0 Å². The average molecular weight is 365 g/mol. The zero-order chi connectivity index (χ0) is 19.6. The maximum atomic E-state index is 12.8. The number of rotatable bonds is 5. The van der Waals surface area contributed by atoms with Crippen LogP contribution in [0, 0.1) is 5.41 Å². The molecule has 1 N–H and O–H groups in total. The van der Waals surface area contributed by atoms with E-state index in [1.807, 2.05) is 32.0 Å². The van der Waals surface area contributed by atoms with Gasteiger partial charge >= 0.3 is 5.63 Å². The molecule has 0 saturated carbocycles. The first-order chi connectivity index (χ1) is 12.8. The third-order valence-electron chi connectivity index (χ3n) is 4.50. The van der Waals surface area contributed by atoms with Crippen LogP contribution in [0.3, 0.4) is 0 Å². The molecule has 0 fully saturated rings. The van der Waals surface area contributed by atoms with Gasteiger partial charge in [0.05, 0.1) is 5.56 Å². The van der Waals surface area contributed by atoms with E-state index in [4.69, 9.17) is 4.42 Å². The lowest BCUT2D eigenvalue weighted by atomic mass is 9.94. The number of carbonyl (C=O) groups excluding carboxylic acids is 1. The van der Waals surface area contributed by atoms with Crippen LogP contribution in [0.15, 0.2) is 63.8 Å². The largest absolute Gasteiger partial charge is 0.422 e. The maximum Gasteiger partial charge on any atom is 0.344 e. The predicted octanol–water partition coefficient (Wildman–Crippen LogP) is 3.55. The van der Waals surface area contributed by atoms with Crippen molar-refractivity contribution in [3.05, 3.63) is 70.6 Å². The van der Waals surface area contributed by atoms with Gasteiger partial charge in [0, 0.05) is 36.6 Å². The van der Waals surface area contributed by atoms with Crippen molar-refractivity contribution in [3.63, 3.8) is 0 Å². The monoisotopic (exact) mass is 365 g/mol. The summed E-state index contributed by atoms with van der Waals surface area (Å²) in [7, 11) is 1.71. The van der Waals surface area contributed by atoms with Gasteiger partial charge in [-0.25, -0.2) is 4.79 Å². The number of benzene rings is 2. The Morgan fingerprint density at radius 1 is 1.11 bits per heavy atom. The minimum atomic E-state index is -0.437. The second-order valence-corrected chi connectivity index (χ2v) is 7.55. The summed E-state index contributed by atoms with van der Waals surface area (Å²) >= 11 is 0. The highest BCUT2D eigenvalue weighted by Crippen LogP contribution is 2.23. The summed E-state index contributed by atoms with van der Waals surface area (Å²) in [6, 6.07) is 16.1. The predicted molar refractivity (Wildman–Crippen MR) is 106 cm³/mol. The molecule has 3 aromatic rings. The van der Waals surface area contributed by atoms with E-state index in [0.29, 0.717) is 28.8 Å². The van der Waals surface area contributed by atoms with Gasteiger partial charge in [0.25, 0.3) is 5.91 Å². The highest BCUT2D eigenvalue weighted by molar-refractivity contribution is 5.95. The SMILES string of the molecule is CN(CC(C)(C)CO)C(=O)c1cccc(-c2cc3ccccc3oc2=O)c1. The van der Waals surface area contributed by atoms with Crippen molar-refractivity contribution in [3.8, 4) is 11.1 Å². The molecule has 0 unspecified atom stereocenters. The number of aliphatic hydroxyl groups excluding tert-OH is 1. The van der Waals surface area contributed by atoms with Crippen LogP contribution in [0.2, 0.25) is 0 Å². The molecule has 0 spiro atoms. The van der Waals surface area contributed by atoms with Crippen molar-refractivity contribution in [2.24, 2.45) is 5.41 Å². The minimum absolute atomic E-state index is 0.0111. The molecule has 0 radical (unpaired) electrons. The number of amides is 1. The highest BCUT2D eigenvalue weighted by Gasteiger charge is 2.23. The third-order valence-corrected chi connectivity index (χ3v) is 4.50. The fraction of sp³-hybridized carbons (Fsp3) is 0.273. The molecule has 2 aromatic carbocycles. The first kappa shape index (κ1) is 18.9. The zero-order valence-electron chi connectivity index (χ0n) is 15.7. The van der Waals surface area contributed by atoms with Gasteiger partial charge in [-0.2, -0.15) is 0 Å². The van der Waals surface area contributed by atoms with Gasteiger partial charge in [0.15, 0.2) is 0 Å². The molecule has 1 amide bonds. The average Bonchev–Trinajstić information content (AvgIpc) is 2.66. The van der Waals surface area contributed by atoms with Crippen LogP contribution >= 0.6 is 0 Å². The molecular formula is C22H23NO4. The summed E-state index contributed by atoms with van der Waals surface area (Å²) < 4.78 is 5.40. The molecular weight excluding hydrogens is 342 g/mol. The second-order valence-electron chi connectivity index (χ2n) is 7.55. The quantitative estimate of drug-likeness (QED) is 0.702. The summed E-state index contributed by atoms with van der Waals surface area (Å²) in [5.74, 6) is -0.163. The third kappa shape index (κ3) is 4.09. The molecule has 0 saturated heterocycles. The summed E-state index contributed by atoms with van der Waals surface area (Å²) in [5.41, 5.74) is 1.24. The molecule has 3 rings (SSSR count). The van der Waals surface area contributed by atoms with Crippen LogP contribution < -0.4 is 5.63 Å². The van der Waals surface area contributed by atoms with Crippen molar-refractivity contribution < 1.29 is 14.3 Å². The molecule has 0 aliphatic heterocycles. The van der Waals surface area contributed by atoms with Crippen molar-refractivity contribution in [2.45, 2.75) is 13.8 Å². The topological polar surface area (TPSA) is 70.8 Å². The lowest BCUT2D eigenvalue weighted by Crippen LogP contribution is -2.37. The summed E-state index contributed by atoms with van der Waals surface area (Å²) in [6.07, 6.45) is 0. The number of hydrogen-bond donors (Lipinski definition) is 1. The normalized spacial score (nSPS) is 11.6. The molecule has 1 aromatic heterocycles. The van der Waals surface area contributed by atoms with E-state index in [1.165, 1.54) is 0 Å². The van der Waals surface area contributed by atoms with Gasteiger partial charge in [0.1, 0.15) is 5.58 Å². The Balaban J connectivity index is 1.95. The first-order valence-corrected chi connectivity index (χ1v) is 8.80. The Bertz CT molecular complexity index is 1040. The van der Waals surface area contributed by atoms with Gasteiger partial charge in [-0.1, -0.05) is 44.2 Å². The Hall–Kier alpha value is -2.92. The summed E-state index contributed by atoms with van der Waals surface area (Å²) in [5, 5.41) is 10.2. The van der Waals surface area contributed by atoms with Crippen molar-refractivity contribution in [2.75, 3.05) is 20.2 Å². The molecule has 0 atom stereocenters. The molecule has 5 nitrogen and oxygen atoms in total. The van der Waals surface area contributed by atoms with Gasteiger partial charge in [-0.05, 0) is 29.8 Å². The number of nitrogens with zero attached hydrogens (tertiary/aromatic N) is 1. The Morgan fingerprint density at radius 3 is 2.59 bits per heavy atom. The van der Waals surface area contributed by atoms with Crippen molar-refractivity contribution in [1.29, 1.82) is 0 Å². The number of carbonyl (C=O) groups is 1. The van der Waals surface area contributed by atoms with Gasteiger partial charge in [0.2, 0.25) is 0 Å². The van der Waals surface area contributed by atoms with Crippen LogP contribution in [0.25, 0.3) is 22.1 Å². The standard InChI is InChI=1S/C22H23NO4/c1-22(2,14-24)13-23(3)20(25)17-9-6-8-15(11-17)18-12-16-7-4-5-10-19(16)27-21(18)26/h4-12,24H,13-14H2,1-3H3. The maximum absolute atomic E-state index is 12.8. The molecule has 5 heteroatoms. The first-order valence-electron chi connectivity index (χ1n) is 8.80. The number of fused-ring (bicyclic) bond motifs is 1. The molecule has 140 valence electrons. The Morgan fingerprint density at radius 2 is 1.85 bits per heavy atom. The van der Waals surface area contributed by atoms with Crippen LogP contribution in [0.1, 0.15) is 24.2 Å². The van der Waals surface area contributed by atoms with Gasteiger partial charge in [-0.3, -0.25) is 4.79 Å². The van der Waals surface area contributed by atoms with Gasteiger partial charge < -0.3 is 14.4 Å². The van der Waals surface area contributed by atoms with Crippen LogP contribution in [-0.4, -0.2) is 36.1 Å². The minimum Gasteiger partial charge on any atom is -0.422 e. The summed E-state index contributed by atoms with van der Waals surface area (Å²) in [4.78, 5) is 26.7. The van der Waals surface area contributed by atoms with E-state index in [-0.39, 0.29) is 17.9 Å². The van der Waals surface area contributed by atoms with E-state index in [0.717, 1.165) is 5.39 Å². The van der Waals surface area contributed by atoms with Crippen molar-refractivity contribution in [1.82, 2.24) is 4.90 Å². The smallest absolute Gasteiger partial charge is 0.344 e. The zero-order valence-corrected chi connectivity index (χ0v) is 15.7. The van der Waals surface area contributed by atoms with E-state index >= 15 is 0 Å². The summed E-state index contributed by atoms with van der Waals surface area (Å²) in [6.45, 7) is 4.20. The highest BCUT2D eigenvalue weighted by atomic mass is 16.4. The van der Waals surface area contributed by atoms with E-state index < -0.39 is 5.63 Å². The lowest BCUT2D eigenvalue weighted by molar-refractivity contribution is 0.0663. The second kappa shape index (κ2) is 7.37. The van der Waals surface area contributed by atoms with E-state index in [9.17, 15) is 14.7 Å². The van der Waals surface area contributed by atoms with Crippen molar-refractivity contribution >= 4 is 16.9 Å². The Kier molecular flexibility index (Phi) is 5.15. The van der Waals surface area contributed by atoms with Crippen LogP contribution in [-0.2, 0) is 0 Å². The fourth-order valence-electron chi connectivity index (χ4n) is 3.07. The van der Waals surface area contributed by atoms with E-state index in [1.54, 1.807) is 48.3 Å². The molecule has 27 heavy (non-hydrogen) atoms. The Labute approximate surface area is 157 Å². The molecule has 1 heterocycles. The number of para-hydroxylation sites is 1.